The minimum atomic E-state index is -1.83. The molecular weight excluding hydrogens is 993 g/mol. The zero-order valence-electron chi connectivity index (χ0n) is 45.9. The summed E-state index contributed by atoms with van der Waals surface area (Å²) in [5, 5.41) is 14.2. The first kappa shape index (κ1) is 60.2. The van der Waals surface area contributed by atoms with E-state index in [1.807, 2.05) is 24.3 Å². The molecule has 3 aliphatic rings. The second kappa shape index (κ2) is 29.6. The lowest BCUT2D eigenvalue weighted by Crippen LogP contribution is -2.62. The Bertz CT molecular complexity index is 2760. The highest BCUT2D eigenvalue weighted by Gasteiger charge is 2.47. The minimum absolute atomic E-state index is 0.298. The van der Waals surface area contributed by atoms with E-state index >= 15 is 0 Å². The van der Waals surface area contributed by atoms with Crippen molar-refractivity contribution in [2.75, 3.05) is 101 Å². The van der Waals surface area contributed by atoms with Crippen LogP contribution in [0.4, 0.5) is 0 Å². The second-order valence-electron chi connectivity index (χ2n) is 19.7. The van der Waals surface area contributed by atoms with Crippen LogP contribution in [0.2, 0.25) is 0 Å². The van der Waals surface area contributed by atoms with Gasteiger partial charge in [0.05, 0.1) is 13.2 Å². The van der Waals surface area contributed by atoms with Gasteiger partial charge in [0.1, 0.15) is 13.2 Å². The molecule has 3 fully saturated rings. The standard InChI is InChI=1S/C33H41N3O6.C28H33N3O5/c1-33(32(39)34-2,29(37)24-42-30-7-4-5-21-41-30)35(3)31(38)28-16-14-26(15-17-28)9-8-25-10-12-27(13-11-25)23-36-18-6-20-40-22-19-36;1-28(25(33)20-32,27(35)29-2)30(3)26(34)24-13-11-22(12-14-24)6-5-21-7-9-23(10-8-21)19-31-15-4-17-36-18-16-31/h10-17,30H,4-7,18-24H2,1-3H3,(H,34,39);7-14,32H,4,15-20H2,1-3H3,(H,29,35)/t30?,33-;28-/m11/s1. The predicted octanol–water partition coefficient (Wildman–Crippen LogP) is 4.44. The van der Waals surface area contributed by atoms with Gasteiger partial charge in [0.25, 0.3) is 23.6 Å². The molecule has 4 aromatic rings. The smallest absolute Gasteiger partial charge is 0.254 e. The summed E-state index contributed by atoms with van der Waals surface area (Å²) >= 11 is 0. The van der Waals surface area contributed by atoms with Crippen molar-refractivity contribution in [1.82, 2.24) is 30.2 Å². The predicted molar refractivity (Wildman–Crippen MR) is 295 cm³/mol. The van der Waals surface area contributed by atoms with Gasteiger partial charge in [-0.3, -0.25) is 38.6 Å². The number of Topliss-reactive ketones (excluding diaryl/α,β-unsaturated/α-hetero) is 2. The molecule has 0 aliphatic carbocycles. The average Bonchev–Trinajstić information content (AvgIpc) is 3.92. The van der Waals surface area contributed by atoms with E-state index in [1.165, 1.54) is 58.1 Å². The lowest BCUT2D eigenvalue weighted by Gasteiger charge is -2.36. The number of benzene rings is 4. The number of ether oxygens (including phenoxy) is 4. The normalized spacial score (nSPS) is 17.4. The van der Waals surface area contributed by atoms with Gasteiger partial charge in [0.2, 0.25) is 0 Å². The van der Waals surface area contributed by atoms with Crippen molar-refractivity contribution in [3.05, 3.63) is 142 Å². The van der Waals surface area contributed by atoms with Crippen molar-refractivity contribution >= 4 is 35.2 Å². The summed E-state index contributed by atoms with van der Waals surface area (Å²) in [5.41, 5.74) is 2.79. The fraction of sp³-hybridized carbons (Fsp3) is 0.443. The number of nitrogens with one attached hydrogen (secondary N) is 2. The highest BCUT2D eigenvalue weighted by Crippen LogP contribution is 2.23. The number of hydrogen-bond donors (Lipinski definition) is 3. The fourth-order valence-corrected chi connectivity index (χ4v) is 9.01. The van der Waals surface area contributed by atoms with Crippen molar-refractivity contribution in [1.29, 1.82) is 0 Å². The molecule has 17 heteroatoms. The number of aliphatic hydroxyl groups excluding tert-OH is 1. The average molecular weight is 1070 g/mol. The van der Waals surface area contributed by atoms with Crippen LogP contribution in [0.15, 0.2) is 97.1 Å². The number of hydrogen-bond acceptors (Lipinski definition) is 13. The number of rotatable bonds is 16. The molecule has 414 valence electrons. The van der Waals surface area contributed by atoms with Crippen LogP contribution in [0.3, 0.4) is 0 Å². The van der Waals surface area contributed by atoms with Gasteiger partial charge in [-0.15, -0.1) is 0 Å². The summed E-state index contributed by atoms with van der Waals surface area (Å²) in [6.07, 6.45) is 4.22. The van der Waals surface area contributed by atoms with E-state index in [9.17, 15) is 33.9 Å². The molecule has 78 heavy (non-hydrogen) atoms. The topological polar surface area (TPSA) is 197 Å². The SMILES string of the molecule is CNC(=O)[C@@](C)(C(=O)CO)N(C)C(=O)c1ccc(C#Cc2ccc(CN3CCCOCC3)cc2)cc1.CNC(=O)[C@@](C)(C(=O)COC1CCCCO1)N(C)C(=O)c1ccc(C#Cc2ccc(CN3CCCOCC3)cc2)cc1. The van der Waals surface area contributed by atoms with Gasteiger partial charge in [-0.05, 0) is 130 Å². The first-order chi connectivity index (χ1) is 37.6. The number of likely N-dealkylation sites (N-methyl/N-ethyl adjacent to an activating group) is 4. The third-order valence-electron chi connectivity index (χ3n) is 14.4. The third kappa shape index (κ3) is 16.2. The van der Waals surface area contributed by atoms with Crippen LogP contribution >= 0.6 is 0 Å². The molecule has 1 unspecified atom stereocenters. The molecule has 4 aromatic carbocycles. The number of ketones is 2. The van der Waals surface area contributed by atoms with Gasteiger partial charge >= 0.3 is 0 Å². The molecule has 3 atom stereocenters. The first-order valence-electron chi connectivity index (χ1n) is 26.5. The molecule has 3 heterocycles. The molecule has 0 radical (unpaired) electrons. The highest BCUT2D eigenvalue weighted by atomic mass is 16.7. The van der Waals surface area contributed by atoms with Crippen LogP contribution in [0.25, 0.3) is 0 Å². The summed E-state index contributed by atoms with van der Waals surface area (Å²) in [6.45, 7) is 11.1. The summed E-state index contributed by atoms with van der Waals surface area (Å²) in [4.78, 5) is 84.1. The van der Waals surface area contributed by atoms with Gasteiger partial charge in [-0.25, -0.2) is 0 Å². The Balaban J connectivity index is 0.000000255. The highest BCUT2D eigenvalue weighted by molar-refractivity contribution is 6.15. The molecule has 3 saturated heterocycles. The van der Waals surface area contributed by atoms with E-state index in [-0.39, 0.29) is 6.61 Å². The van der Waals surface area contributed by atoms with Gasteiger partial charge in [-0.2, -0.15) is 0 Å². The number of carbonyl (C=O) groups excluding carboxylic acids is 6. The van der Waals surface area contributed by atoms with Crippen molar-refractivity contribution < 1.29 is 52.8 Å². The van der Waals surface area contributed by atoms with E-state index in [1.54, 1.807) is 48.5 Å². The molecule has 3 aliphatic heterocycles. The maximum Gasteiger partial charge on any atom is 0.254 e. The monoisotopic (exact) mass is 1070 g/mol. The lowest BCUT2D eigenvalue weighted by atomic mass is 9.92. The second-order valence-corrected chi connectivity index (χ2v) is 19.7. The molecule has 0 aromatic heterocycles. The van der Waals surface area contributed by atoms with Gasteiger partial charge < -0.3 is 44.5 Å². The number of nitrogens with zero attached hydrogens (tertiary/aromatic N) is 4. The van der Waals surface area contributed by atoms with E-state index in [4.69, 9.17) is 18.9 Å². The maximum absolute atomic E-state index is 13.4. The quantitative estimate of drug-likeness (QED) is 0.105. The summed E-state index contributed by atoms with van der Waals surface area (Å²) in [5.74, 6) is 9.00. The molecule has 0 spiro atoms. The van der Waals surface area contributed by atoms with Crippen molar-refractivity contribution in [2.45, 2.75) is 76.4 Å². The zero-order chi connectivity index (χ0) is 56.1. The molecule has 4 amide bonds. The Morgan fingerprint density at radius 1 is 0.564 bits per heavy atom. The molecule has 0 bridgehead atoms. The van der Waals surface area contributed by atoms with Gasteiger partial charge in [-0.1, -0.05) is 47.9 Å². The van der Waals surface area contributed by atoms with Crippen LogP contribution in [0, 0.1) is 23.7 Å². The zero-order valence-corrected chi connectivity index (χ0v) is 45.9. The minimum Gasteiger partial charge on any atom is -0.388 e. The Kier molecular flexibility index (Phi) is 22.8. The number of amides is 4. The number of carbonyl (C=O) groups is 6. The van der Waals surface area contributed by atoms with Crippen LogP contribution in [-0.2, 0) is 51.2 Å². The van der Waals surface area contributed by atoms with E-state index < -0.39 is 59.2 Å². The van der Waals surface area contributed by atoms with Crippen molar-refractivity contribution in [2.24, 2.45) is 0 Å². The van der Waals surface area contributed by atoms with E-state index in [0.29, 0.717) is 24.2 Å². The lowest BCUT2D eigenvalue weighted by molar-refractivity contribution is -0.174. The molecular formula is C61H74N6O11. The van der Waals surface area contributed by atoms with Crippen LogP contribution < -0.4 is 10.6 Å². The van der Waals surface area contributed by atoms with Crippen LogP contribution in [0.5, 0.6) is 0 Å². The Labute approximate surface area is 458 Å². The fourth-order valence-electron chi connectivity index (χ4n) is 9.01. The van der Waals surface area contributed by atoms with Crippen LogP contribution in [0.1, 0.15) is 100 Å². The van der Waals surface area contributed by atoms with Crippen molar-refractivity contribution in [3.8, 4) is 23.7 Å². The molecule has 3 N–H and O–H groups in total. The summed E-state index contributed by atoms with van der Waals surface area (Å²) in [6, 6.07) is 29.9. The molecule has 0 saturated carbocycles. The summed E-state index contributed by atoms with van der Waals surface area (Å²) in [7, 11) is 5.62. The van der Waals surface area contributed by atoms with Gasteiger partial charge in [0, 0.05) is 121 Å². The maximum atomic E-state index is 13.4. The van der Waals surface area contributed by atoms with Gasteiger partial charge in [0.15, 0.2) is 28.9 Å². The summed E-state index contributed by atoms with van der Waals surface area (Å²) < 4.78 is 22.2. The Hall–Kier alpha value is -7.06. The van der Waals surface area contributed by atoms with Crippen LogP contribution in [-0.4, -0.2) is 178 Å². The Morgan fingerprint density at radius 2 is 0.962 bits per heavy atom. The largest absolute Gasteiger partial charge is 0.388 e. The number of aliphatic hydroxyl groups is 1. The first-order valence-corrected chi connectivity index (χ1v) is 26.5. The Morgan fingerprint density at radius 3 is 1.33 bits per heavy atom. The molecule has 7 rings (SSSR count). The molecule has 17 nitrogen and oxygen atoms in total. The van der Waals surface area contributed by atoms with Crippen molar-refractivity contribution in [3.63, 3.8) is 0 Å². The third-order valence-corrected chi connectivity index (χ3v) is 14.4. The van der Waals surface area contributed by atoms with E-state index in [0.717, 1.165) is 119 Å². The van der Waals surface area contributed by atoms with E-state index in [2.05, 4.69) is 68.4 Å².